The molecule has 7 nitrogen and oxygen atoms in total. The second-order valence-corrected chi connectivity index (χ2v) is 8.76. The van der Waals surface area contributed by atoms with E-state index in [9.17, 15) is 9.59 Å². The van der Waals surface area contributed by atoms with Crippen LogP contribution in [0.1, 0.15) is 28.5 Å². The van der Waals surface area contributed by atoms with Crippen molar-refractivity contribution >= 4 is 61.8 Å². The number of benzene rings is 2. The third-order valence-electron chi connectivity index (χ3n) is 4.87. The molecular formula is C25H19BrClN3O4. The average Bonchev–Trinajstić information content (AvgIpc) is 2.80. The van der Waals surface area contributed by atoms with E-state index in [4.69, 9.17) is 20.8 Å². The van der Waals surface area contributed by atoms with Crippen LogP contribution in [0.3, 0.4) is 0 Å². The summed E-state index contributed by atoms with van der Waals surface area (Å²) in [6.45, 7) is 3.10. The normalized spacial score (nSPS) is 11.5. The molecule has 0 saturated heterocycles. The maximum absolute atomic E-state index is 13.3. The topological polar surface area (TPSA) is 93.8 Å². The van der Waals surface area contributed by atoms with Gasteiger partial charge in [0.1, 0.15) is 12.2 Å². The fourth-order valence-corrected chi connectivity index (χ4v) is 3.67. The van der Waals surface area contributed by atoms with Gasteiger partial charge >= 0.3 is 5.97 Å². The fraction of sp³-hybridized carbons (Fsp3) is 0.120. The smallest absolute Gasteiger partial charge is 0.302 e. The molecule has 2 aromatic carbocycles. The van der Waals surface area contributed by atoms with Crippen molar-refractivity contribution in [3.63, 3.8) is 0 Å². The molecule has 0 bridgehead atoms. The summed E-state index contributed by atoms with van der Waals surface area (Å²) in [5.74, 6) is -0.840. The number of rotatable bonds is 5. The number of nitrogens with zero attached hydrogens (tertiary/aromatic N) is 2. The van der Waals surface area contributed by atoms with E-state index in [-0.39, 0.29) is 17.7 Å². The Hall–Kier alpha value is -3.49. The quantitative estimate of drug-likeness (QED) is 0.309. The Bertz CT molecular complexity index is 1470. The highest BCUT2D eigenvalue weighted by molar-refractivity contribution is 9.10. The van der Waals surface area contributed by atoms with Gasteiger partial charge in [-0.05, 0) is 55.5 Å². The molecule has 0 spiro atoms. The van der Waals surface area contributed by atoms with Crippen LogP contribution in [0.4, 0.5) is 11.4 Å². The summed E-state index contributed by atoms with van der Waals surface area (Å²) < 4.78 is 12.2. The highest BCUT2D eigenvalue weighted by atomic mass is 79.9. The van der Waals surface area contributed by atoms with Crippen molar-refractivity contribution in [3.8, 4) is 0 Å². The van der Waals surface area contributed by atoms with Crippen molar-refractivity contribution in [2.75, 3.05) is 5.32 Å². The van der Waals surface area contributed by atoms with Crippen LogP contribution in [0.25, 0.3) is 11.0 Å². The van der Waals surface area contributed by atoms with Gasteiger partial charge in [-0.3, -0.25) is 14.6 Å². The maximum Gasteiger partial charge on any atom is 0.302 e. The third-order valence-corrected chi connectivity index (χ3v) is 5.63. The van der Waals surface area contributed by atoms with Crippen molar-refractivity contribution < 1.29 is 18.7 Å². The van der Waals surface area contributed by atoms with Gasteiger partial charge in [-0.15, -0.1) is 0 Å². The van der Waals surface area contributed by atoms with Crippen LogP contribution >= 0.6 is 27.5 Å². The molecule has 0 radical (unpaired) electrons. The number of pyridine rings is 1. The van der Waals surface area contributed by atoms with Crippen molar-refractivity contribution in [3.05, 3.63) is 92.7 Å². The van der Waals surface area contributed by atoms with Crippen molar-refractivity contribution in [1.29, 1.82) is 0 Å². The molecule has 0 unspecified atom stereocenters. The molecule has 9 heteroatoms. The number of halogens is 2. The Labute approximate surface area is 208 Å². The number of fused-ring (bicyclic) bond motifs is 1. The van der Waals surface area contributed by atoms with E-state index in [2.05, 4.69) is 31.2 Å². The molecule has 0 saturated carbocycles. The van der Waals surface area contributed by atoms with Crippen molar-refractivity contribution in [1.82, 2.24) is 4.98 Å². The molecule has 4 aromatic rings. The minimum absolute atomic E-state index is 0.00676. The van der Waals surface area contributed by atoms with E-state index in [1.807, 2.05) is 12.1 Å². The minimum atomic E-state index is -0.425. The fourth-order valence-electron chi connectivity index (χ4n) is 3.22. The molecule has 2 aromatic heterocycles. The lowest BCUT2D eigenvalue weighted by molar-refractivity contribution is -0.142. The van der Waals surface area contributed by atoms with E-state index in [0.717, 1.165) is 4.47 Å². The molecule has 0 atom stereocenters. The van der Waals surface area contributed by atoms with Gasteiger partial charge in [-0.25, -0.2) is 4.99 Å². The van der Waals surface area contributed by atoms with Crippen LogP contribution in [0.5, 0.6) is 0 Å². The standard InChI is InChI=1S/C25H19BrClN3O4/c1-14-23-21(16(12-28-14)13-33-15(2)31)11-22(24(32)29-19-8-6-17(26)7-9-19)25(34-23)30-20-5-3-4-18(27)10-20/h3-12H,13H2,1-2H3,(H,29,32). The Morgan fingerprint density at radius 3 is 2.65 bits per heavy atom. The molecule has 1 amide bonds. The van der Waals surface area contributed by atoms with Gasteiger partial charge in [-0.1, -0.05) is 33.6 Å². The second kappa shape index (κ2) is 10.2. The first kappa shape index (κ1) is 23.7. The highest BCUT2D eigenvalue weighted by Crippen LogP contribution is 2.24. The zero-order chi connectivity index (χ0) is 24.2. The molecule has 4 rings (SSSR count). The minimum Gasteiger partial charge on any atom is -0.461 e. The third kappa shape index (κ3) is 5.52. The number of aryl methyl sites for hydroxylation is 1. The molecule has 0 aliphatic carbocycles. The first-order valence-corrected chi connectivity index (χ1v) is 11.4. The van der Waals surface area contributed by atoms with Crippen LogP contribution in [0, 0.1) is 6.92 Å². The van der Waals surface area contributed by atoms with Crippen LogP contribution < -0.4 is 10.9 Å². The lowest BCUT2D eigenvalue weighted by Crippen LogP contribution is -2.22. The maximum atomic E-state index is 13.3. The van der Waals surface area contributed by atoms with E-state index < -0.39 is 11.9 Å². The molecule has 34 heavy (non-hydrogen) atoms. The summed E-state index contributed by atoms with van der Waals surface area (Å²) in [6.07, 6.45) is 1.60. The SMILES string of the molecule is CC(=O)OCc1cnc(C)c2oc(=Nc3cccc(Cl)c3)c(C(=O)Nc3ccc(Br)cc3)cc12. The Morgan fingerprint density at radius 2 is 1.94 bits per heavy atom. The van der Waals surface area contributed by atoms with Crippen molar-refractivity contribution in [2.45, 2.75) is 20.5 Å². The number of carbonyl (C=O) groups excluding carboxylic acids is 2. The summed E-state index contributed by atoms with van der Waals surface area (Å²) in [6, 6.07) is 15.8. The van der Waals surface area contributed by atoms with Crippen molar-refractivity contribution in [2.24, 2.45) is 4.99 Å². The largest absolute Gasteiger partial charge is 0.461 e. The van der Waals surface area contributed by atoms with E-state index in [0.29, 0.717) is 38.6 Å². The summed E-state index contributed by atoms with van der Waals surface area (Å²) in [5.41, 5.74) is 3.06. The number of hydrogen-bond donors (Lipinski definition) is 1. The van der Waals surface area contributed by atoms with Crippen LogP contribution in [0.2, 0.25) is 5.02 Å². The highest BCUT2D eigenvalue weighted by Gasteiger charge is 2.17. The van der Waals surface area contributed by atoms with Gasteiger partial charge in [0.05, 0.1) is 11.4 Å². The number of hydrogen-bond acceptors (Lipinski definition) is 6. The van der Waals surface area contributed by atoms with Gasteiger partial charge in [0, 0.05) is 39.3 Å². The summed E-state index contributed by atoms with van der Waals surface area (Å²) in [7, 11) is 0. The van der Waals surface area contributed by atoms with E-state index >= 15 is 0 Å². The molecule has 0 aliphatic heterocycles. The second-order valence-electron chi connectivity index (χ2n) is 7.41. The van der Waals surface area contributed by atoms with Gasteiger partial charge in [0.15, 0.2) is 5.58 Å². The molecular weight excluding hydrogens is 522 g/mol. The first-order valence-electron chi connectivity index (χ1n) is 10.2. The van der Waals surface area contributed by atoms with Crippen LogP contribution in [-0.2, 0) is 16.1 Å². The van der Waals surface area contributed by atoms with Crippen LogP contribution in [0.15, 0.2) is 74.7 Å². The first-order chi connectivity index (χ1) is 16.3. The number of nitrogens with one attached hydrogen (secondary N) is 1. The predicted molar refractivity (Wildman–Crippen MR) is 133 cm³/mol. The number of esters is 1. The molecule has 0 fully saturated rings. The summed E-state index contributed by atoms with van der Waals surface area (Å²) in [4.78, 5) is 33.5. The molecule has 172 valence electrons. The monoisotopic (exact) mass is 539 g/mol. The van der Waals surface area contributed by atoms with Gasteiger partial charge < -0.3 is 14.5 Å². The van der Waals surface area contributed by atoms with Gasteiger partial charge in [-0.2, -0.15) is 0 Å². The molecule has 0 aliphatic rings. The number of amides is 1. The lowest BCUT2D eigenvalue weighted by Gasteiger charge is -2.11. The number of anilines is 1. The van der Waals surface area contributed by atoms with E-state index in [1.165, 1.54) is 6.92 Å². The molecule has 2 heterocycles. The van der Waals surface area contributed by atoms with Gasteiger partial charge in [0.2, 0.25) is 5.55 Å². The Morgan fingerprint density at radius 1 is 1.18 bits per heavy atom. The lowest BCUT2D eigenvalue weighted by atomic mass is 10.1. The zero-order valence-corrected chi connectivity index (χ0v) is 20.6. The summed E-state index contributed by atoms with van der Waals surface area (Å²) >= 11 is 9.49. The summed E-state index contributed by atoms with van der Waals surface area (Å²) in [5, 5.41) is 3.97. The Balaban J connectivity index is 1.90. The number of ether oxygens (including phenoxy) is 1. The average molecular weight is 541 g/mol. The zero-order valence-electron chi connectivity index (χ0n) is 18.3. The number of carbonyl (C=O) groups is 2. The Kier molecular flexibility index (Phi) is 7.09. The van der Waals surface area contributed by atoms with E-state index in [1.54, 1.807) is 55.6 Å². The predicted octanol–water partition coefficient (Wildman–Crippen LogP) is 6.10. The van der Waals surface area contributed by atoms with Crippen LogP contribution in [-0.4, -0.2) is 16.9 Å². The molecule has 1 N–H and O–H groups in total. The van der Waals surface area contributed by atoms with Gasteiger partial charge in [0.25, 0.3) is 5.91 Å². The number of aromatic nitrogens is 1.